The van der Waals surface area contributed by atoms with E-state index in [0.29, 0.717) is 5.41 Å². The molecule has 88 valence electrons. The molecule has 0 unspecified atom stereocenters. The van der Waals surface area contributed by atoms with E-state index in [1.807, 2.05) is 13.8 Å². The molecular formula is C11H18N4O. The molecule has 0 radical (unpaired) electrons. The van der Waals surface area contributed by atoms with Crippen molar-refractivity contribution in [3.63, 3.8) is 0 Å². The summed E-state index contributed by atoms with van der Waals surface area (Å²) in [6, 6.07) is 0. The number of aromatic nitrogens is 3. The molecule has 1 fully saturated rings. The second-order valence-corrected chi connectivity index (χ2v) is 5.19. The quantitative estimate of drug-likeness (QED) is 0.810. The van der Waals surface area contributed by atoms with Crippen molar-refractivity contribution in [3.8, 4) is 0 Å². The Kier molecular flexibility index (Phi) is 2.69. The molecule has 1 amide bonds. The average Bonchev–Trinajstić information content (AvgIpc) is 2.81. The summed E-state index contributed by atoms with van der Waals surface area (Å²) in [7, 11) is 0. The van der Waals surface area contributed by atoms with Gasteiger partial charge in [0.25, 0.3) is 5.91 Å². The van der Waals surface area contributed by atoms with E-state index in [2.05, 4.69) is 27.4 Å². The van der Waals surface area contributed by atoms with Crippen molar-refractivity contribution in [1.82, 2.24) is 20.5 Å². The minimum absolute atomic E-state index is 0.184. The molecule has 1 aliphatic carbocycles. The first-order valence-electron chi connectivity index (χ1n) is 5.71. The van der Waals surface area contributed by atoms with Gasteiger partial charge < -0.3 is 5.32 Å². The molecule has 0 saturated heterocycles. The van der Waals surface area contributed by atoms with Crippen LogP contribution in [0.4, 0.5) is 0 Å². The van der Waals surface area contributed by atoms with Gasteiger partial charge in [0.2, 0.25) is 5.82 Å². The highest BCUT2D eigenvalue weighted by molar-refractivity contribution is 5.90. The summed E-state index contributed by atoms with van der Waals surface area (Å²) in [6.07, 6.45) is 2.39. The number of amides is 1. The molecule has 2 N–H and O–H groups in total. The van der Waals surface area contributed by atoms with Crippen LogP contribution >= 0.6 is 0 Å². The molecule has 0 aromatic carbocycles. The van der Waals surface area contributed by atoms with E-state index in [0.717, 1.165) is 12.4 Å². The highest BCUT2D eigenvalue weighted by atomic mass is 16.2. The predicted octanol–water partition coefficient (Wildman–Crippen LogP) is 1.46. The number of nitrogens with zero attached hydrogens (tertiary/aromatic N) is 2. The Morgan fingerprint density at radius 1 is 1.56 bits per heavy atom. The molecule has 1 saturated carbocycles. The Labute approximate surface area is 95.0 Å². The van der Waals surface area contributed by atoms with Crippen LogP contribution < -0.4 is 5.32 Å². The summed E-state index contributed by atoms with van der Waals surface area (Å²) in [5.41, 5.74) is 0.312. The fourth-order valence-corrected chi connectivity index (χ4v) is 1.40. The standard InChI is InChI=1S/C11H18N4O/c1-7(2)8-13-9(15-14-8)10(16)12-6-11(3)4-5-11/h7H,4-6H2,1-3H3,(H,12,16)(H,13,14,15). The normalized spacial score (nSPS) is 17.5. The fraction of sp³-hybridized carbons (Fsp3) is 0.727. The van der Waals surface area contributed by atoms with E-state index in [1.165, 1.54) is 12.8 Å². The number of hydrogen-bond acceptors (Lipinski definition) is 3. The van der Waals surface area contributed by atoms with E-state index in [-0.39, 0.29) is 17.6 Å². The topological polar surface area (TPSA) is 70.7 Å². The molecule has 1 aromatic heterocycles. The van der Waals surface area contributed by atoms with Gasteiger partial charge in [-0.2, -0.15) is 0 Å². The SMILES string of the molecule is CC(C)c1nc(C(=O)NCC2(C)CC2)n[nH]1. The maximum Gasteiger partial charge on any atom is 0.290 e. The van der Waals surface area contributed by atoms with Crippen LogP contribution in [0.1, 0.15) is 56.0 Å². The number of H-pyrrole nitrogens is 1. The number of carbonyl (C=O) groups is 1. The summed E-state index contributed by atoms with van der Waals surface area (Å²) in [6.45, 7) is 6.91. The molecule has 0 spiro atoms. The van der Waals surface area contributed by atoms with Crippen LogP contribution in [0.25, 0.3) is 0 Å². The molecule has 1 aliphatic rings. The Balaban J connectivity index is 1.92. The summed E-state index contributed by atoms with van der Waals surface area (Å²) in [5, 5.41) is 9.56. The second-order valence-electron chi connectivity index (χ2n) is 5.19. The lowest BCUT2D eigenvalue weighted by molar-refractivity contribution is 0.0936. The van der Waals surface area contributed by atoms with Gasteiger partial charge in [-0.05, 0) is 18.3 Å². The number of nitrogens with one attached hydrogen (secondary N) is 2. The summed E-state index contributed by atoms with van der Waals surface area (Å²) < 4.78 is 0. The molecular weight excluding hydrogens is 204 g/mol. The van der Waals surface area contributed by atoms with Crippen LogP contribution in [-0.2, 0) is 0 Å². The van der Waals surface area contributed by atoms with Crippen LogP contribution in [0, 0.1) is 5.41 Å². The number of rotatable bonds is 4. The fourth-order valence-electron chi connectivity index (χ4n) is 1.40. The summed E-state index contributed by atoms with van der Waals surface area (Å²) in [5.74, 6) is 1.07. The van der Waals surface area contributed by atoms with E-state index >= 15 is 0 Å². The Bertz CT molecular complexity index is 392. The highest BCUT2D eigenvalue weighted by Gasteiger charge is 2.37. The Hall–Kier alpha value is -1.39. The van der Waals surface area contributed by atoms with Gasteiger partial charge >= 0.3 is 0 Å². The molecule has 16 heavy (non-hydrogen) atoms. The van der Waals surface area contributed by atoms with Gasteiger partial charge in [0, 0.05) is 12.5 Å². The van der Waals surface area contributed by atoms with Crippen LogP contribution in [0.3, 0.4) is 0 Å². The zero-order valence-electron chi connectivity index (χ0n) is 10.0. The number of carbonyl (C=O) groups excluding carboxylic acids is 1. The van der Waals surface area contributed by atoms with Crippen molar-refractivity contribution >= 4 is 5.91 Å². The third-order valence-corrected chi connectivity index (χ3v) is 3.03. The van der Waals surface area contributed by atoms with Gasteiger partial charge in [0.05, 0.1) is 0 Å². The van der Waals surface area contributed by atoms with Crippen LogP contribution in [-0.4, -0.2) is 27.6 Å². The minimum Gasteiger partial charge on any atom is -0.349 e. The Morgan fingerprint density at radius 3 is 2.75 bits per heavy atom. The smallest absolute Gasteiger partial charge is 0.290 e. The van der Waals surface area contributed by atoms with Crippen molar-refractivity contribution in [2.75, 3.05) is 6.54 Å². The number of aromatic amines is 1. The van der Waals surface area contributed by atoms with E-state index < -0.39 is 0 Å². The maximum absolute atomic E-state index is 11.7. The van der Waals surface area contributed by atoms with Gasteiger partial charge in [-0.1, -0.05) is 20.8 Å². The molecule has 0 aliphatic heterocycles. The first-order chi connectivity index (χ1) is 7.50. The van der Waals surface area contributed by atoms with Crippen molar-refractivity contribution in [2.45, 2.75) is 39.5 Å². The van der Waals surface area contributed by atoms with Crippen molar-refractivity contribution in [1.29, 1.82) is 0 Å². The molecule has 5 nitrogen and oxygen atoms in total. The zero-order valence-corrected chi connectivity index (χ0v) is 10.0. The van der Waals surface area contributed by atoms with Crippen molar-refractivity contribution in [2.24, 2.45) is 5.41 Å². The first-order valence-corrected chi connectivity index (χ1v) is 5.71. The molecule has 0 atom stereocenters. The third kappa shape index (κ3) is 2.40. The Morgan fingerprint density at radius 2 is 2.25 bits per heavy atom. The van der Waals surface area contributed by atoms with Gasteiger partial charge in [0.1, 0.15) is 5.82 Å². The number of hydrogen-bond donors (Lipinski definition) is 2. The van der Waals surface area contributed by atoms with Gasteiger partial charge in [-0.25, -0.2) is 4.98 Å². The lowest BCUT2D eigenvalue weighted by atomic mass is 10.1. The van der Waals surface area contributed by atoms with Gasteiger partial charge in [0.15, 0.2) is 0 Å². The minimum atomic E-state index is -0.184. The van der Waals surface area contributed by atoms with Crippen LogP contribution in [0.2, 0.25) is 0 Å². The van der Waals surface area contributed by atoms with E-state index in [9.17, 15) is 4.79 Å². The van der Waals surface area contributed by atoms with E-state index in [4.69, 9.17) is 0 Å². The molecule has 1 heterocycles. The van der Waals surface area contributed by atoms with Crippen molar-refractivity contribution in [3.05, 3.63) is 11.6 Å². The van der Waals surface area contributed by atoms with Gasteiger partial charge in [-0.15, -0.1) is 5.10 Å². The maximum atomic E-state index is 11.7. The average molecular weight is 222 g/mol. The lowest BCUT2D eigenvalue weighted by Crippen LogP contribution is -2.29. The summed E-state index contributed by atoms with van der Waals surface area (Å²) in [4.78, 5) is 15.9. The van der Waals surface area contributed by atoms with Crippen LogP contribution in [0.15, 0.2) is 0 Å². The molecule has 2 rings (SSSR count). The molecule has 0 bridgehead atoms. The molecule has 1 aromatic rings. The monoisotopic (exact) mass is 222 g/mol. The zero-order chi connectivity index (χ0) is 11.8. The molecule has 5 heteroatoms. The second kappa shape index (κ2) is 3.88. The lowest BCUT2D eigenvalue weighted by Gasteiger charge is -2.07. The largest absolute Gasteiger partial charge is 0.349 e. The van der Waals surface area contributed by atoms with Crippen LogP contribution in [0.5, 0.6) is 0 Å². The van der Waals surface area contributed by atoms with Gasteiger partial charge in [-0.3, -0.25) is 9.89 Å². The van der Waals surface area contributed by atoms with E-state index in [1.54, 1.807) is 0 Å². The predicted molar refractivity (Wildman–Crippen MR) is 60.1 cm³/mol. The summed E-state index contributed by atoms with van der Waals surface area (Å²) >= 11 is 0. The first kappa shape index (κ1) is 11.1. The third-order valence-electron chi connectivity index (χ3n) is 3.03. The highest BCUT2D eigenvalue weighted by Crippen LogP contribution is 2.44. The van der Waals surface area contributed by atoms with Crippen molar-refractivity contribution < 1.29 is 4.79 Å².